The van der Waals surface area contributed by atoms with E-state index < -0.39 is 22.1 Å². The SMILES string of the molecule is NCCCC[C@@](N)(OS(=O)(=O)O)C(=O)O. The number of carbonyl (C=O) groups is 1. The van der Waals surface area contributed by atoms with Crippen LogP contribution in [0.1, 0.15) is 19.3 Å². The predicted molar refractivity (Wildman–Crippen MR) is 50.1 cm³/mol. The second-order valence-corrected chi connectivity index (χ2v) is 3.97. The van der Waals surface area contributed by atoms with Gasteiger partial charge in [0, 0.05) is 6.42 Å². The molecule has 0 rings (SSSR count). The molecule has 6 N–H and O–H groups in total. The molecule has 0 saturated heterocycles. The van der Waals surface area contributed by atoms with Crippen molar-refractivity contribution in [3.05, 3.63) is 0 Å². The third-order valence-electron chi connectivity index (χ3n) is 1.62. The van der Waals surface area contributed by atoms with Crippen LogP contribution in [0.2, 0.25) is 0 Å². The van der Waals surface area contributed by atoms with E-state index in [0.29, 0.717) is 13.0 Å². The molecule has 0 aromatic heterocycles. The Morgan fingerprint density at radius 1 is 1.40 bits per heavy atom. The molecule has 0 unspecified atom stereocenters. The zero-order chi connectivity index (χ0) is 12.1. The highest BCUT2D eigenvalue weighted by molar-refractivity contribution is 7.81. The van der Waals surface area contributed by atoms with E-state index in [4.69, 9.17) is 21.1 Å². The largest absolute Gasteiger partial charge is 0.478 e. The molecule has 0 aromatic rings. The fourth-order valence-electron chi connectivity index (χ4n) is 0.904. The van der Waals surface area contributed by atoms with E-state index in [2.05, 4.69) is 4.18 Å². The first-order valence-electron chi connectivity index (χ1n) is 4.11. The second-order valence-electron chi connectivity index (χ2n) is 2.95. The molecule has 0 amide bonds. The molecule has 0 saturated carbocycles. The molecule has 0 spiro atoms. The van der Waals surface area contributed by atoms with Crippen molar-refractivity contribution in [2.24, 2.45) is 11.5 Å². The lowest BCUT2D eigenvalue weighted by atomic mass is 10.1. The van der Waals surface area contributed by atoms with Crippen LogP contribution in [0, 0.1) is 0 Å². The lowest BCUT2D eigenvalue weighted by Gasteiger charge is -2.22. The zero-order valence-electron chi connectivity index (χ0n) is 7.92. The fraction of sp³-hybridized carbons (Fsp3) is 0.833. The van der Waals surface area contributed by atoms with Crippen LogP contribution in [0.3, 0.4) is 0 Å². The normalized spacial score (nSPS) is 15.9. The summed E-state index contributed by atoms with van der Waals surface area (Å²) in [5.41, 5.74) is 7.89. The summed E-state index contributed by atoms with van der Waals surface area (Å²) in [6, 6.07) is 0. The average molecular weight is 242 g/mol. The van der Waals surface area contributed by atoms with Gasteiger partial charge in [-0.05, 0) is 19.4 Å². The van der Waals surface area contributed by atoms with Crippen LogP contribution < -0.4 is 11.5 Å². The first kappa shape index (κ1) is 14.3. The van der Waals surface area contributed by atoms with Gasteiger partial charge in [0.05, 0.1) is 0 Å². The lowest BCUT2D eigenvalue weighted by molar-refractivity contribution is -0.156. The molecule has 9 heteroatoms. The number of aliphatic carboxylic acids is 1. The van der Waals surface area contributed by atoms with E-state index in [-0.39, 0.29) is 12.8 Å². The van der Waals surface area contributed by atoms with Crippen molar-refractivity contribution >= 4 is 16.4 Å². The van der Waals surface area contributed by atoms with Gasteiger partial charge in [-0.25, -0.2) is 8.98 Å². The smallest absolute Gasteiger partial charge is 0.399 e. The monoisotopic (exact) mass is 242 g/mol. The van der Waals surface area contributed by atoms with Crippen molar-refractivity contribution in [2.75, 3.05) is 6.54 Å². The van der Waals surface area contributed by atoms with E-state index in [9.17, 15) is 13.2 Å². The Morgan fingerprint density at radius 2 is 1.93 bits per heavy atom. The maximum absolute atomic E-state index is 10.6. The third kappa shape index (κ3) is 5.64. The molecule has 0 aliphatic carbocycles. The predicted octanol–water partition coefficient (Wildman–Crippen LogP) is -1.33. The Bertz CT molecular complexity index is 316. The maximum Gasteiger partial charge on any atom is 0.399 e. The van der Waals surface area contributed by atoms with Crippen LogP contribution in [0.25, 0.3) is 0 Å². The minimum Gasteiger partial charge on any atom is -0.478 e. The number of nitrogens with two attached hydrogens (primary N) is 2. The van der Waals surface area contributed by atoms with Crippen LogP contribution in [-0.4, -0.2) is 36.3 Å². The van der Waals surface area contributed by atoms with E-state index in [1.54, 1.807) is 0 Å². The summed E-state index contributed by atoms with van der Waals surface area (Å²) < 4.78 is 32.9. The van der Waals surface area contributed by atoms with Crippen LogP contribution in [0.15, 0.2) is 0 Å². The van der Waals surface area contributed by atoms with Gasteiger partial charge in [-0.1, -0.05) is 0 Å². The molecule has 8 nitrogen and oxygen atoms in total. The Labute approximate surface area is 87.2 Å². The molecule has 0 aliphatic heterocycles. The van der Waals surface area contributed by atoms with Crippen molar-refractivity contribution in [1.82, 2.24) is 0 Å². The van der Waals surface area contributed by atoms with Gasteiger partial charge in [0.25, 0.3) is 0 Å². The Hall–Kier alpha value is -0.740. The van der Waals surface area contributed by atoms with E-state index >= 15 is 0 Å². The number of hydrogen-bond donors (Lipinski definition) is 4. The van der Waals surface area contributed by atoms with E-state index in [1.807, 2.05) is 0 Å². The van der Waals surface area contributed by atoms with Gasteiger partial charge < -0.3 is 10.8 Å². The van der Waals surface area contributed by atoms with Gasteiger partial charge in [0.2, 0.25) is 5.72 Å². The lowest BCUT2D eigenvalue weighted by Crippen LogP contribution is -2.51. The van der Waals surface area contributed by atoms with Crippen molar-refractivity contribution in [3.63, 3.8) is 0 Å². The first-order chi connectivity index (χ1) is 6.71. The van der Waals surface area contributed by atoms with Crippen LogP contribution >= 0.6 is 0 Å². The number of carboxylic acid groups (broad SMARTS) is 1. The Kier molecular flexibility index (Phi) is 5.11. The van der Waals surface area contributed by atoms with Gasteiger partial charge >= 0.3 is 16.4 Å². The summed E-state index contributed by atoms with van der Waals surface area (Å²) in [6.45, 7) is 0.321. The van der Waals surface area contributed by atoms with Crippen molar-refractivity contribution in [2.45, 2.75) is 25.0 Å². The highest BCUT2D eigenvalue weighted by Crippen LogP contribution is 2.15. The van der Waals surface area contributed by atoms with Gasteiger partial charge in [-0.2, -0.15) is 8.42 Å². The summed E-state index contributed by atoms with van der Waals surface area (Å²) in [7, 11) is -4.90. The first-order valence-corrected chi connectivity index (χ1v) is 5.48. The standard InChI is InChI=1S/C6H14N2O6S/c7-4-2-1-3-6(8,5(9)10)14-15(11,12)13/h1-4,7-8H2,(H,9,10)(H,11,12,13)/t6-/m1/s1. The average Bonchev–Trinajstić information content (AvgIpc) is 2.01. The molecule has 0 fully saturated rings. The molecule has 0 bridgehead atoms. The number of hydrogen-bond acceptors (Lipinski definition) is 6. The molecule has 90 valence electrons. The minimum atomic E-state index is -4.90. The summed E-state index contributed by atoms with van der Waals surface area (Å²) in [4.78, 5) is 10.6. The molecular formula is C6H14N2O6S. The summed E-state index contributed by atoms with van der Waals surface area (Å²) in [6.07, 6.45) is 0.481. The van der Waals surface area contributed by atoms with Crippen LogP contribution in [0.4, 0.5) is 0 Å². The van der Waals surface area contributed by atoms with E-state index in [1.165, 1.54) is 0 Å². The third-order valence-corrected chi connectivity index (χ3v) is 2.13. The Balaban J connectivity index is 4.54. The van der Waals surface area contributed by atoms with Crippen molar-refractivity contribution in [1.29, 1.82) is 0 Å². The molecule has 0 heterocycles. The van der Waals surface area contributed by atoms with Gasteiger partial charge in [-0.15, -0.1) is 0 Å². The molecule has 15 heavy (non-hydrogen) atoms. The highest BCUT2D eigenvalue weighted by atomic mass is 32.3. The topological polar surface area (TPSA) is 153 Å². The van der Waals surface area contributed by atoms with Crippen LogP contribution in [-0.2, 0) is 19.4 Å². The second kappa shape index (κ2) is 5.37. The summed E-state index contributed by atoms with van der Waals surface area (Å²) in [5, 5.41) is 8.64. The number of unbranched alkanes of at least 4 members (excludes halogenated alkanes) is 1. The molecule has 0 radical (unpaired) electrons. The van der Waals surface area contributed by atoms with Crippen LogP contribution in [0.5, 0.6) is 0 Å². The Morgan fingerprint density at radius 3 is 2.27 bits per heavy atom. The molecule has 0 aliphatic rings. The number of carboxylic acids is 1. The molecular weight excluding hydrogens is 228 g/mol. The van der Waals surface area contributed by atoms with E-state index in [0.717, 1.165) is 0 Å². The molecule has 1 atom stereocenters. The fourth-order valence-corrected chi connectivity index (χ4v) is 1.43. The zero-order valence-corrected chi connectivity index (χ0v) is 8.74. The van der Waals surface area contributed by atoms with Gasteiger partial charge in [0.15, 0.2) is 0 Å². The van der Waals surface area contributed by atoms with Gasteiger partial charge in [0.1, 0.15) is 0 Å². The van der Waals surface area contributed by atoms with Crippen molar-refractivity contribution < 1.29 is 27.1 Å². The maximum atomic E-state index is 10.6. The molecule has 0 aromatic carbocycles. The summed E-state index contributed by atoms with van der Waals surface area (Å²) >= 11 is 0. The highest BCUT2D eigenvalue weighted by Gasteiger charge is 2.39. The summed E-state index contributed by atoms with van der Waals surface area (Å²) in [5.74, 6) is -1.67. The van der Waals surface area contributed by atoms with Gasteiger partial charge in [-0.3, -0.25) is 10.3 Å². The number of rotatable bonds is 7. The minimum absolute atomic E-state index is 0.265. The van der Waals surface area contributed by atoms with Crippen molar-refractivity contribution in [3.8, 4) is 0 Å². The quantitative estimate of drug-likeness (QED) is 0.243.